The first kappa shape index (κ1) is 15.4. The van der Waals surface area contributed by atoms with Crippen LogP contribution in [-0.4, -0.2) is 41.4 Å². The Morgan fingerprint density at radius 1 is 1.29 bits per heavy atom. The number of benzene rings is 1. The molecule has 2 aliphatic heterocycles. The molecule has 2 aliphatic rings. The predicted octanol–water partition coefficient (Wildman–Crippen LogP) is 3.56. The van der Waals surface area contributed by atoms with E-state index in [1.54, 1.807) is 5.56 Å². The molecule has 0 amide bonds. The summed E-state index contributed by atoms with van der Waals surface area (Å²) in [5.74, 6) is 0. The molecule has 0 aromatic heterocycles. The lowest BCUT2D eigenvalue weighted by molar-refractivity contribution is 0.0357. The quantitative estimate of drug-likeness (QED) is 0.916. The van der Waals surface area contributed by atoms with Gasteiger partial charge in [0, 0.05) is 41.4 Å². The van der Waals surface area contributed by atoms with Crippen molar-refractivity contribution in [1.82, 2.24) is 10.2 Å². The monoisotopic (exact) mass is 304 g/mol. The normalized spacial score (nSPS) is 28.5. The van der Waals surface area contributed by atoms with E-state index in [0.29, 0.717) is 11.6 Å². The van der Waals surface area contributed by atoms with Crippen LogP contribution in [0.2, 0.25) is 0 Å². The van der Waals surface area contributed by atoms with Crippen LogP contribution >= 0.6 is 11.8 Å². The maximum Gasteiger partial charge on any atom is 0.0329 e. The van der Waals surface area contributed by atoms with Gasteiger partial charge in [-0.1, -0.05) is 32.0 Å². The number of hydrogen-bond donors (Lipinski definition) is 1. The smallest absolute Gasteiger partial charge is 0.0329 e. The Morgan fingerprint density at radius 3 is 2.76 bits per heavy atom. The number of thioether (sulfide) groups is 1. The third-order valence-electron chi connectivity index (χ3n) is 5.40. The lowest BCUT2D eigenvalue weighted by Crippen LogP contribution is -2.64. The molecule has 2 unspecified atom stereocenters. The average molecular weight is 305 g/mol. The van der Waals surface area contributed by atoms with E-state index in [4.69, 9.17) is 0 Å². The minimum atomic E-state index is 0.363. The van der Waals surface area contributed by atoms with Crippen LogP contribution in [0.1, 0.15) is 39.2 Å². The second-order valence-corrected chi connectivity index (χ2v) is 8.01. The van der Waals surface area contributed by atoms with Crippen LogP contribution in [0.15, 0.2) is 29.2 Å². The topological polar surface area (TPSA) is 15.3 Å². The highest BCUT2D eigenvalue weighted by Crippen LogP contribution is 2.38. The Kier molecular flexibility index (Phi) is 4.63. The summed E-state index contributed by atoms with van der Waals surface area (Å²) in [5.41, 5.74) is 1.91. The fourth-order valence-electron chi connectivity index (χ4n) is 3.88. The summed E-state index contributed by atoms with van der Waals surface area (Å²) < 4.78 is 0. The number of fused-ring (bicyclic) bond motifs is 1. The number of piperazine rings is 1. The molecule has 1 N–H and O–H groups in total. The molecule has 2 atom stereocenters. The first-order valence-corrected chi connectivity index (χ1v) is 9.28. The molecule has 1 saturated heterocycles. The van der Waals surface area contributed by atoms with Gasteiger partial charge in [-0.3, -0.25) is 4.90 Å². The van der Waals surface area contributed by atoms with Gasteiger partial charge in [0.15, 0.2) is 0 Å². The van der Waals surface area contributed by atoms with E-state index < -0.39 is 0 Å². The minimum absolute atomic E-state index is 0.363. The Balaban J connectivity index is 1.71. The Labute approximate surface area is 133 Å². The second-order valence-electron chi connectivity index (χ2n) is 6.67. The van der Waals surface area contributed by atoms with Crippen molar-refractivity contribution in [3.63, 3.8) is 0 Å². The van der Waals surface area contributed by atoms with Crippen LogP contribution in [0.25, 0.3) is 0 Å². The van der Waals surface area contributed by atoms with Crippen LogP contribution < -0.4 is 5.32 Å². The molecule has 1 aromatic rings. The highest BCUT2D eigenvalue weighted by atomic mass is 32.2. The van der Waals surface area contributed by atoms with Crippen molar-refractivity contribution < 1.29 is 0 Å². The third-order valence-corrected chi connectivity index (χ3v) is 6.70. The second kappa shape index (κ2) is 6.31. The van der Waals surface area contributed by atoms with E-state index in [9.17, 15) is 0 Å². The van der Waals surface area contributed by atoms with Crippen LogP contribution in [0.5, 0.6) is 0 Å². The SMILES string of the molecule is CCC1(CC)CNC(C)CN1CC1Cc2ccccc2S1. The van der Waals surface area contributed by atoms with Crippen LogP contribution in [-0.2, 0) is 6.42 Å². The zero-order valence-electron chi connectivity index (χ0n) is 13.6. The molecule has 116 valence electrons. The Bertz CT molecular complexity index is 459. The van der Waals surface area contributed by atoms with Gasteiger partial charge < -0.3 is 5.32 Å². The maximum atomic E-state index is 3.70. The number of nitrogens with one attached hydrogen (secondary N) is 1. The molecule has 3 rings (SSSR count). The maximum absolute atomic E-state index is 3.70. The van der Waals surface area contributed by atoms with Gasteiger partial charge in [-0.15, -0.1) is 11.8 Å². The minimum Gasteiger partial charge on any atom is -0.311 e. The largest absolute Gasteiger partial charge is 0.311 e. The Morgan fingerprint density at radius 2 is 2.05 bits per heavy atom. The molecule has 0 radical (unpaired) electrons. The molecule has 2 nitrogen and oxygen atoms in total. The summed E-state index contributed by atoms with van der Waals surface area (Å²) in [6, 6.07) is 9.55. The summed E-state index contributed by atoms with van der Waals surface area (Å²) in [7, 11) is 0. The van der Waals surface area contributed by atoms with Crippen molar-refractivity contribution in [2.24, 2.45) is 0 Å². The molecule has 0 saturated carbocycles. The molecule has 1 aromatic carbocycles. The van der Waals surface area contributed by atoms with Crippen LogP contribution in [0.3, 0.4) is 0 Å². The van der Waals surface area contributed by atoms with E-state index in [1.807, 2.05) is 0 Å². The first-order chi connectivity index (χ1) is 10.2. The molecule has 2 heterocycles. The van der Waals surface area contributed by atoms with Crippen LogP contribution in [0, 0.1) is 0 Å². The lowest BCUT2D eigenvalue weighted by atomic mass is 9.87. The first-order valence-electron chi connectivity index (χ1n) is 8.40. The van der Waals surface area contributed by atoms with Gasteiger partial charge in [0.25, 0.3) is 0 Å². The van der Waals surface area contributed by atoms with Gasteiger partial charge in [0.1, 0.15) is 0 Å². The van der Waals surface area contributed by atoms with Gasteiger partial charge in [-0.05, 0) is 37.8 Å². The van der Waals surface area contributed by atoms with Gasteiger partial charge in [0.2, 0.25) is 0 Å². The van der Waals surface area contributed by atoms with Gasteiger partial charge in [-0.25, -0.2) is 0 Å². The van der Waals surface area contributed by atoms with Gasteiger partial charge in [0.05, 0.1) is 0 Å². The molecule has 0 bridgehead atoms. The van der Waals surface area contributed by atoms with E-state index in [1.165, 1.54) is 37.2 Å². The van der Waals surface area contributed by atoms with Gasteiger partial charge in [-0.2, -0.15) is 0 Å². The van der Waals surface area contributed by atoms with E-state index in [2.05, 4.69) is 67.0 Å². The fourth-order valence-corrected chi connectivity index (χ4v) is 5.22. The van der Waals surface area contributed by atoms with Crippen molar-refractivity contribution >= 4 is 11.8 Å². The highest BCUT2D eigenvalue weighted by molar-refractivity contribution is 8.00. The van der Waals surface area contributed by atoms with Crippen molar-refractivity contribution in [1.29, 1.82) is 0 Å². The molecular formula is C18H28N2S. The fraction of sp³-hybridized carbons (Fsp3) is 0.667. The van der Waals surface area contributed by atoms with Crippen molar-refractivity contribution in [3.05, 3.63) is 29.8 Å². The molecule has 0 spiro atoms. The molecule has 3 heteroatoms. The van der Waals surface area contributed by atoms with E-state index in [0.717, 1.165) is 11.8 Å². The highest BCUT2D eigenvalue weighted by Gasteiger charge is 2.39. The average Bonchev–Trinajstić information content (AvgIpc) is 2.90. The Hall–Kier alpha value is -0.510. The van der Waals surface area contributed by atoms with Crippen molar-refractivity contribution in [2.45, 2.75) is 61.8 Å². The third kappa shape index (κ3) is 3.01. The van der Waals surface area contributed by atoms with Crippen molar-refractivity contribution in [2.75, 3.05) is 19.6 Å². The molecule has 0 aliphatic carbocycles. The molecular weight excluding hydrogens is 276 g/mol. The molecule has 1 fully saturated rings. The number of nitrogens with zero attached hydrogens (tertiary/aromatic N) is 1. The summed E-state index contributed by atoms with van der Waals surface area (Å²) in [4.78, 5) is 4.29. The lowest BCUT2D eigenvalue weighted by Gasteiger charge is -2.50. The van der Waals surface area contributed by atoms with E-state index in [-0.39, 0.29) is 0 Å². The van der Waals surface area contributed by atoms with Crippen molar-refractivity contribution in [3.8, 4) is 0 Å². The number of hydrogen-bond acceptors (Lipinski definition) is 3. The number of rotatable bonds is 4. The molecule has 21 heavy (non-hydrogen) atoms. The standard InChI is InChI=1S/C18H28N2S/c1-4-18(5-2)13-19-14(3)11-20(18)12-16-10-15-8-6-7-9-17(15)21-16/h6-9,14,16,19H,4-5,10-13H2,1-3H3. The predicted molar refractivity (Wildman–Crippen MR) is 92.1 cm³/mol. The zero-order chi connectivity index (χ0) is 14.9. The van der Waals surface area contributed by atoms with Gasteiger partial charge >= 0.3 is 0 Å². The van der Waals surface area contributed by atoms with E-state index >= 15 is 0 Å². The van der Waals surface area contributed by atoms with Crippen LogP contribution in [0.4, 0.5) is 0 Å². The zero-order valence-corrected chi connectivity index (χ0v) is 14.4. The summed E-state index contributed by atoms with van der Waals surface area (Å²) in [6.07, 6.45) is 3.73. The summed E-state index contributed by atoms with van der Waals surface area (Å²) in [5, 5.41) is 4.43. The summed E-state index contributed by atoms with van der Waals surface area (Å²) >= 11 is 2.09. The summed E-state index contributed by atoms with van der Waals surface area (Å²) in [6.45, 7) is 10.6.